The van der Waals surface area contributed by atoms with E-state index in [0.717, 1.165) is 11.3 Å². The highest BCUT2D eigenvalue weighted by Gasteiger charge is 2.30. The van der Waals surface area contributed by atoms with Gasteiger partial charge in [0.1, 0.15) is 23.6 Å². The predicted molar refractivity (Wildman–Crippen MR) is 136 cm³/mol. The zero-order valence-corrected chi connectivity index (χ0v) is 21.7. The monoisotopic (exact) mass is 500 g/mol. The van der Waals surface area contributed by atoms with Crippen molar-refractivity contribution in [2.24, 2.45) is 7.05 Å². The highest BCUT2D eigenvalue weighted by Crippen LogP contribution is 2.44. The van der Waals surface area contributed by atoms with Crippen LogP contribution in [0.3, 0.4) is 0 Å². The number of hydrogen-bond donors (Lipinski definition) is 3. The van der Waals surface area contributed by atoms with E-state index in [1.165, 1.54) is 15.9 Å². The lowest BCUT2D eigenvalue weighted by Crippen LogP contribution is -2.33. The highest BCUT2D eigenvalue weighted by atomic mass is 32.1. The molecule has 1 fully saturated rings. The number of thiophene rings is 1. The lowest BCUT2D eigenvalue weighted by Gasteiger charge is -2.20. The highest BCUT2D eigenvalue weighted by molar-refractivity contribution is 7.16. The van der Waals surface area contributed by atoms with E-state index in [0.29, 0.717) is 45.8 Å². The summed E-state index contributed by atoms with van der Waals surface area (Å²) in [6.45, 7) is 7.47. The summed E-state index contributed by atoms with van der Waals surface area (Å²) in [6, 6.07) is 3.41. The normalized spacial score (nSPS) is 16.5. The van der Waals surface area contributed by atoms with Crippen LogP contribution < -0.4 is 15.6 Å². The molecule has 1 aliphatic rings. The van der Waals surface area contributed by atoms with Crippen molar-refractivity contribution in [3.63, 3.8) is 0 Å². The molecule has 9 nitrogen and oxygen atoms in total. The SMILES string of the molecule is CC(C)NC(=O)c1cc2c(-c3sc(C(C)(C)O)cc3OCC3CCC(=O)N3C)cn(C)c(=O)c2[nH]1. The van der Waals surface area contributed by atoms with E-state index in [1.54, 1.807) is 45.1 Å². The van der Waals surface area contributed by atoms with Crippen molar-refractivity contribution in [2.45, 2.75) is 58.2 Å². The maximum absolute atomic E-state index is 12.9. The molecule has 10 heteroatoms. The molecule has 3 aromatic rings. The van der Waals surface area contributed by atoms with E-state index in [4.69, 9.17) is 4.74 Å². The number of rotatable bonds is 7. The fourth-order valence-electron chi connectivity index (χ4n) is 4.19. The van der Waals surface area contributed by atoms with Crippen molar-refractivity contribution in [3.05, 3.63) is 39.3 Å². The molecule has 1 unspecified atom stereocenters. The van der Waals surface area contributed by atoms with E-state index in [1.807, 2.05) is 19.9 Å². The molecule has 0 aromatic carbocycles. The summed E-state index contributed by atoms with van der Waals surface area (Å²) in [5.74, 6) is 0.368. The molecule has 0 radical (unpaired) electrons. The van der Waals surface area contributed by atoms with Crippen LogP contribution >= 0.6 is 11.3 Å². The first-order valence-electron chi connectivity index (χ1n) is 11.7. The average Bonchev–Trinajstić information content (AvgIpc) is 3.47. The van der Waals surface area contributed by atoms with Gasteiger partial charge in [-0.2, -0.15) is 0 Å². The van der Waals surface area contributed by atoms with Crippen LogP contribution in [0.4, 0.5) is 0 Å². The number of aryl methyl sites for hydroxylation is 1. The largest absolute Gasteiger partial charge is 0.490 e. The van der Waals surface area contributed by atoms with Crippen LogP contribution in [0.15, 0.2) is 23.1 Å². The number of pyridine rings is 1. The summed E-state index contributed by atoms with van der Waals surface area (Å²) in [5, 5.41) is 14.1. The number of ether oxygens (including phenoxy) is 1. The van der Waals surface area contributed by atoms with Gasteiger partial charge in [0.05, 0.1) is 16.5 Å². The van der Waals surface area contributed by atoms with Crippen LogP contribution in [-0.2, 0) is 17.4 Å². The van der Waals surface area contributed by atoms with Gasteiger partial charge >= 0.3 is 0 Å². The third-order valence-corrected chi connectivity index (χ3v) is 7.70. The van der Waals surface area contributed by atoms with Crippen molar-refractivity contribution in [1.82, 2.24) is 19.8 Å². The third kappa shape index (κ3) is 4.85. The molecule has 0 bridgehead atoms. The van der Waals surface area contributed by atoms with Crippen LogP contribution in [0.2, 0.25) is 0 Å². The van der Waals surface area contributed by atoms with Crippen LogP contribution in [0.25, 0.3) is 21.3 Å². The fraction of sp³-hybridized carbons (Fsp3) is 0.480. The van der Waals surface area contributed by atoms with E-state index in [-0.39, 0.29) is 29.5 Å². The van der Waals surface area contributed by atoms with Gasteiger partial charge in [-0.1, -0.05) is 0 Å². The van der Waals surface area contributed by atoms with E-state index >= 15 is 0 Å². The van der Waals surface area contributed by atoms with Gasteiger partial charge in [-0.3, -0.25) is 14.4 Å². The van der Waals surface area contributed by atoms with E-state index < -0.39 is 5.60 Å². The Morgan fingerprint density at radius 2 is 2.03 bits per heavy atom. The second-order valence-electron chi connectivity index (χ2n) is 9.93. The Bertz CT molecular complexity index is 1340. The summed E-state index contributed by atoms with van der Waals surface area (Å²) >= 11 is 1.38. The van der Waals surface area contributed by atoms with Gasteiger partial charge in [0, 0.05) is 48.6 Å². The summed E-state index contributed by atoms with van der Waals surface area (Å²) in [7, 11) is 3.43. The number of hydrogen-bond acceptors (Lipinski definition) is 6. The van der Waals surface area contributed by atoms with Crippen molar-refractivity contribution < 1.29 is 19.4 Å². The number of nitrogens with zero attached hydrogens (tertiary/aromatic N) is 2. The molecule has 2 amide bonds. The number of amides is 2. The Kier molecular flexibility index (Phi) is 6.54. The number of H-pyrrole nitrogens is 1. The molecule has 0 saturated carbocycles. The summed E-state index contributed by atoms with van der Waals surface area (Å²) in [5.41, 5.74) is -0.00906. The Morgan fingerprint density at radius 1 is 1.31 bits per heavy atom. The Labute approximate surface area is 207 Å². The second kappa shape index (κ2) is 9.16. The number of aromatic amines is 1. The number of likely N-dealkylation sites (tertiary alicyclic amines) is 1. The van der Waals surface area contributed by atoms with Gasteiger partial charge in [0.25, 0.3) is 11.5 Å². The first kappa shape index (κ1) is 25.0. The standard InChI is InChI=1S/C25H32N4O5S/c1-13(2)26-23(31)17-9-15-16(11-28(5)24(32)21(15)27-17)22-18(10-19(35-22)25(3,4)33)34-12-14-7-8-20(30)29(14)6/h9-11,13-14,27,33H,7-8,12H2,1-6H3,(H,26,31). The third-order valence-electron chi connectivity index (χ3n) is 6.24. The maximum atomic E-state index is 12.9. The first-order chi connectivity index (χ1) is 16.4. The molecular formula is C25H32N4O5S. The molecule has 1 atom stereocenters. The number of nitrogens with one attached hydrogen (secondary N) is 2. The van der Waals surface area contributed by atoms with Gasteiger partial charge in [-0.15, -0.1) is 11.3 Å². The van der Waals surface area contributed by atoms with Gasteiger partial charge in [-0.05, 0) is 46.2 Å². The Morgan fingerprint density at radius 3 is 2.63 bits per heavy atom. The minimum absolute atomic E-state index is 0.0282. The van der Waals surface area contributed by atoms with Crippen LogP contribution in [-0.4, -0.2) is 57.1 Å². The molecule has 1 aliphatic heterocycles. The number of fused-ring (bicyclic) bond motifs is 1. The van der Waals surface area contributed by atoms with Crippen molar-refractivity contribution >= 4 is 34.1 Å². The lowest BCUT2D eigenvalue weighted by atomic mass is 10.1. The van der Waals surface area contributed by atoms with Gasteiger partial charge < -0.3 is 29.6 Å². The van der Waals surface area contributed by atoms with E-state index in [9.17, 15) is 19.5 Å². The van der Waals surface area contributed by atoms with Crippen molar-refractivity contribution in [1.29, 1.82) is 0 Å². The summed E-state index contributed by atoms with van der Waals surface area (Å²) < 4.78 is 7.69. The fourth-order valence-corrected chi connectivity index (χ4v) is 5.32. The molecule has 188 valence electrons. The van der Waals surface area contributed by atoms with Crippen LogP contribution in [0, 0.1) is 0 Å². The van der Waals surface area contributed by atoms with Gasteiger partial charge in [0.2, 0.25) is 5.91 Å². The Balaban J connectivity index is 1.82. The molecule has 3 aromatic heterocycles. The van der Waals surface area contributed by atoms with Gasteiger partial charge in [-0.25, -0.2) is 0 Å². The first-order valence-corrected chi connectivity index (χ1v) is 12.5. The molecule has 0 aliphatic carbocycles. The number of carbonyl (C=O) groups excluding carboxylic acids is 2. The van der Waals surface area contributed by atoms with Crippen molar-refractivity contribution in [3.8, 4) is 16.2 Å². The quantitative estimate of drug-likeness (QED) is 0.461. The Hall–Kier alpha value is -3.11. The zero-order valence-electron chi connectivity index (χ0n) is 20.9. The number of carbonyl (C=O) groups is 2. The number of aliphatic hydroxyl groups is 1. The minimum Gasteiger partial charge on any atom is -0.490 e. The van der Waals surface area contributed by atoms with Gasteiger partial charge in [0.15, 0.2) is 0 Å². The number of likely N-dealkylation sites (N-methyl/N-ethyl adjacent to an activating group) is 1. The lowest BCUT2D eigenvalue weighted by molar-refractivity contribution is -0.127. The molecule has 4 heterocycles. The smallest absolute Gasteiger partial charge is 0.274 e. The molecule has 0 spiro atoms. The molecule has 4 rings (SSSR count). The van der Waals surface area contributed by atoms with Crippen LogP contribution in [0.5, 0.6) is 5.75 Å². The van der Waals surface area contributed by atoms with Crippen molar-refractivity contribution in [2.75, 3.05) is 13.7 Å². The topological polar surface area (TPSA) is 117 Å². The summed E-state index contributed by atoms with van der Waals surface area (Å²) in [4.78, 5) is 43.6. The average molecular weight is 501 g/mol. The molecular weight excluding hydrogens is 468 g/mol. The van der Waals surface area contributed by atoms with E-state index in [2.05, 4.69) is 10.3 Å². The molecule has 3 N–H and O–H groups in total. The minimum atomic E-state index is -1.10. The maximum Gasteiger partial charge on any atom is 0.274 e. The van der Waals surface area contributed by atoms with Crippen LogP contribution in [0.1, 0.15) is 55.9 Å². The second-order valence-corrected chi connectivity index (χ2v) is 11.0. The zero-order chi connectivity index (χ0) is 25.7. The molecule has 35 heavy (non-hydrogen) atoms. The number of aromatic nitrogens is 2. The predicted octanol–water partition coefficient (Wildman–Crippen LogP) is 2.96. The summed E-state index contributed by atoms with van der Waals surface area (Å²) in [6.07, 6.45) is 2.95. The molecule has 1 saturated heterocycles.